The van der Waals surface area contributed by atoms with Crippen LogP contribution in [0.4, 0.5) is 0 Å². The summed E-state index contributed by atoms with van der Waals surface area (Å²) in [4.78, 5) is 32.6. The van der Waals surface area contributed by atoms with Gasteiger partial charge in [-0.3, -0.25) is 9.59 Å². The van der Waals surface area contributed by atoms with Crippen LogP contribution in [0.25, 0.3) is 0 Å². The molecule has 170 valence electrons. The number of carboxylic acids is 1. The molecule has 2 fully saturated rings. The number of amidine groups is 1. The van der Waals surface area contributed by atoms with Gasteiger partial charge < -0.3 is 19.6 Å². The van der Waals surface area contributed by atoms with Gasteiger partial charge in [0.05, 0.1) is 11.8 Å². The Morgan fingerprint density at radius 2 is 1.61 bits per heavy atom. The minimum Gasteiger partial charge on any atom is -0.481 e. The van der Waals surface area contributed by atoms with Crippen molar-refractivity contribution in [3.63, 3.8) is 0 Å². The number of carboxylic acid groups (broad SMARTS) is 1. The van der Waals surface area contributed by atoms with E-state index in [9.17, 15) is 14.7 Å². The lowest BCUT2D eigenvalue weighted by Crippen LogP contribution is -2.52. The summed E-state index contributed by atoms with van der Waals surface area (Å²) in [5.41, 5.74) is 1.20. The number of hydrogen-bond donors (Lipinski definition) is 1. The monoisotopic (exact) mass is 446 g/mol. The van der Waals surface area contributed by atoms with Gasteiger partial charge in [-0.1, -0.05) is 48.5 Å². The molecule has 3 atom stereocenters. The predicted octanol–water partition coefficient (Wildman–Crippen LogP) is 2.94. The maximum absolute atomic E-state index is 13.3. The molecule has 0 aliphatic carbocycles. The maximum Gasteiger partial charge on any atom is 0.309 e. The van der Waals surface area contributed by atoms with Gasteiger partial charge in [0.15, 0.2) is 0 Å². The molecule has 0 saturated carbocycles. The second-order valence-electron chi connectivity index (χ2n) is 8.38. The molecule has 8 nitrogen and oxygen atoms in total. The standard InChI is InChI=1S/C25H26N4O4/c26-17-27-25(33-20-9-5-2-6-10-20)29-14-12-21(22(16-29)24(31)32)23(30)28-13-11-19(15-28)18-7-3-1-4-8-18/h1-10,19,21-22H,11-16H2,(H,31,32)/t19-,21-,22-/m0/s1. The lowest BCUT2D eigenvalue weighted by atomic mass is 9.84. The molecule has 33 heavy (non-hydrogen) atoms. The first kappa shape index (κ1) is 22.3. The third kappa shape index (κ3) is 5.14. The summed E-state index contributed by atoms with van der Waals surface area (Å²) in [5.74, 6) is -1.90. The van der Waals surface area contributed by atoms with E-state index in [2.05, 4.69) is 17.1 Å². The summed E-state index contributed by atoms with van der Waals surface area (Å²) in [6.45, 7) is 1.66. The Morgan fingerprint density at radius 1 is 0.939 bits per heavy atom. The van der Waals surface area contributed by atoms with E-state index in [1.54, 1.807) is 40.3 Å². The summed E-state index contributed by atoms with van der Waals surface area (Å²) < 4.78 is 5.75. The number of carbonyl (C=O) groups is 2. The van der Waals surface area contributed by atoms with Crippen LogP contribution < -0.4 is 4.74 Å². The molecule has 2 aliphatic heterocycles. The van der Waals surface area contributed by atoms with Crippen molar-refractivity contribution in [2.45, 2.75) is 18.8 Å². The highest BCUT2D eigenvalue weighted by atomic mass is 16.5. The van der Waals surface area contributed by atoms with E-state index in [4.69, 9.17) is 10.00 Å². The Hall–Kier alpha value is -3.86. The smallest absolute Gasteiger partial charge is 0.309 e. The molecule has 2 heterocycles. The average Bonchev–Trinajstić information content (AvgIpc) is 3.34. The molecule has 0 spiro atoms. The molecular weight excluding hydrogens is 420 g/mol. The first-order chi connectivity index (χ1) is 16.1. The van der Waals surface area contributed by atoms with Gasteiger partial charge in [0.1, 0.15) is 5.75 Å². The number of ether oxygens (including phenoxy) is 1. The molecule has 2 aromatic carbocycles. The van der Waals surface area contributed by atoms with Crippen LogP contribution in [0.5, 0.6) is 5.75 Å². The summed E-state index contributed by atoms with van der Waals surface area (Å²) in [6.07, 6.45) is 2.95. The van der Waals surface area contributed by atoms with Crippen molar-refractivity contribution in [3.05, 3.63) is 66.2 Å². The van der Waals surface area contributed by atoms with Crippen LogP contribution in [0.3, 0.4) is 0 Å². The van der Waals surface area contributed by atoms with E-state index in [-0.39, 0.29) is 24.4 Å². The van der Waals surface area contributed by atoms with Crippen molar-refractivity contribution in [2.75, 3.05) is 26.2 Å². The van der Waals surface area contributed by atoms with Crippen LogP contribution in [-0.2, 0) is 9.59 Å². The molecule has 1 amide bonds. The van der Waals surface area contributed by atoms with E-state index >= 15 is 0 Å². The highest BCUT2D eigenvalue weighted by molar-refractivity contribution is 5.86. The van der Waals surface area contributed by atoms with Gasteiger partial charge in [-0.25, -0.2) is 0 Å². The number of amides is 1. The third-order valence-electron chi connectivity index (χ3n) is 6.39. The highest BCUT2D eigenvalue weighted by Crippen LogP contribution is 2.32. The number of nitriles is 1. The van der Waals surface area contributed by atoms with E-state index in [1.165, 1.54) is 5.56 Å². The molecule has 2 aromatic rings. The Labute approximate surface area is 192 Å². The normalized spacial score (nSPS) is 23.1. The molecule has 0 radical (unpaired) electrons. The topological polar surface area (TPSA) is 106 Å². The fraction of sp³-hybridized carbons (Fsp3) is 0.360. The van der Waals surface area contributed by atoms with Crippen LogP contribution in [0.15, 0.2) is 65.7 Å². The minimum absolute atomic E-state index is 0.0474. The van der Waals surface area contributed by atoms with Crippen molar-refractivity contribution in [2.24, 2.45) is 16.8 Å². The zero-order chi connectivity index (χ0) is 23.2. The maximum atomic E-state index is 13.3. The molecule has 0 bridgehead atoms. The quantitative estimate of drug-likeness (QED) is 0.440. The van der Waals surface area contributed by atoms with E-state index in [0.29, 0.717) is 31.8 Å². The number of likely N-dealkylation sites (tertiary alicyclic amines) is 2. The number of benzene rings is 2. The summed E-state index contributed by atoms with van der Waals surface area (Å²) in [7, 11) is 0. The number of rotatable bonds is 4. The van der Waals surface area contributed by atoms with E-state index in [1.807, 2.05) is 24.3 Å². The number of carbonyl (C=O) groups excluding carboxylic acids is 1. The molecule has 2 aliphatic rings. The van der Waals surface area contributed by atoms with Gasteiger partial charge in [-0.05, 0) is 30.5 Å². The number of para-hydroxylation sites is 1. The van der Waals surface area contributed by atoms with Gasteiger partial charge in [0.25, 0.3) is 0 Å². The predicted molar refractivity (Wildman–Crippen MR) is 121 cm³/mol. The fourth-order valence-corrected chi connectivity index (χ4v) is 4.66. The first-order valence-electron chi connectivity index (χ1n) is 11.1. The number of aliphatic carboxylic acids is 1. The number of hydrogen-bond acceptors (Lipinski definition) is 5. The second kappa shape index (κ2) is 10.2. The Morgan fingerprint density at radius 3 is 2.27 bits per heavy atom. The lowest BCUT2D eigenvalue weighted by Gasteiger charge is -2.37. The molecule has 0 aromatic heterocycles. The number of piperidine rings is 1. The van der Waals surface area contributed by atoms with Crippen molar-refractivity contribution in [1.29, 1.82) is 5.26 Å². The van der Waals surface area contributed by atoms with Crippen molar-refractivity contribution in [3.8, 4) is 11.9 Å². The summed E-state index contributed by atoms with van der Waals surface area (Å²) in [5, 5.41) is 19.0. The minimum atomic E-state index is -1.03. The van der Waals surface area contributed by atoms with Crippen LogP contribution >= 0.6 is 0 Å². The van der Waals surface area contributed by atoms with Gasteiger partial charge >= 0.3 is 12.0 Å². The number of nitrogens with zero attached hydrogens (tertiary/aromatic N) is 4. The average molecular weight is 447 g/mol. The highest BCUT2D eigenvalue weighted by Gasteiger charge is 2.43. The number of aliphatic imine (C=N–C) groups is 1. The van der Waals surface area contributed by atoms with Gasteiger partial charge in [0, 0.05) is 32.1 Å². The van der Waals surface area contributed by atoms with Gasteiger partial charge in [0.2, 0.25) is 12.1 Å². The van der Waals surface area contributed by atoms with Crippen LogP contribution in [0.2, 0.25) is 0 Å². The molecule has 2 saturated heterocycles. The molecule has 0 unspecified atom stereocenters. The first-order valence-corrected chi connectivity index (χ1v) is 11.1. The van der Waals surface area contributed by atoms with Crippen LogP contribution in [-0.4, -0.2) is 59.0 Å². The molecular formula is C25H26N4O4. The van der Waals surface area contributed by atoms with E-state index in [0.717, 1.165) is 6.42 Å². The zero-order valence-electron chi connectivity index (χ0n) is 18.2. The molecule has 4 rings (SSSR count). The summed E-state index contributed by atoms with van der Waals surface area (Å²) in [6, 6.07) is 19.0. The summed E-state index contributed by atoms with van der Waals surface area (Å²) >= 11 is 0. The Bertz CT molecular complexity index is 1050. The third-order valence-corrected chi connectivity index (χ3v) is 6.39. The van der Waals surface area contributed by atoms with Crippen molar-refractivity contribution < 1.29 is 19.4 Å². The molecule has 1 N–H and O–H groups in total. The van der Waals surface area contributed by atoms with Crippen LogP contribution in [0, 0.1) is 23.3 Å². The van der Waals surface area contributed by atoms with Crippen molar-refractivity contribution >= 4 is 17.9 Å². The fourth-order valence-electron chi connectivity index (χ4n) is 4.66. The Kier molecular flexibility index (Phi) is 6.89. The van der Waals surface area contributed by atoms with Gasteiger partial charge in [-0.15, -0.1) is 4.99 Å². The van der Waals surface area contributed by atoms with E-state index < -0.39 is 17.8 Å². The zero-order valence-corrected chi connectivity index (χ0v) is 18.2. The van der Waals surface area contributed by atoms with Crippen molar-refractivity contribution in [1.82, 2.24) is 9.80 Å². The largest absolute Gasteiger partial charge is 0.481 e. The molecule has 8 heteroatoms. The SMILES string of the molecule is N#CN=C(Oc1ccccc1)N1CC[C@H](C(=O)N2CC[C@H](c3ccccc3)C2)[C@@H](C(=O)O)C1. The Balaban J connectivity index is 1.44. The second-order valence-corrected chi connectivity index (χ2v) is 8.38. The van der Waals surface area contributed by atoms with Crippen LogP contribution in [0.1, 0.15) is 24.3 Å². The lowest BCUT2D eigenvalue weighted by molar-refractivity contribution is -0.152. The van der Waals surface area contributed by atoms with Gasteiger partial charge in [-0.2, -0.15) is 5.26 Å².